The molecule has 0 amide bonds. The minimum atomic E-state index is -0.331. The van der Waals surface area contributed by atoms with E-state index in [0.717, 1.165) is 18.2 Å². The first kappa shape index (κ1) is 14.2. The third-order valence-electron chi connectivity index (χ3n) is 5.00. The number of esters is 1. The lowest BCUT2D eigenvalue weighted by Crippen LogP contribution is -2.47. The molecule has 2 unspecified atom stereocenters. The molecule has 2 N–H and O–H groups in total. The van der Waals surface area contributed by atoms with Crippen LogP contribution in [0, 0.1) is 5.92 Å². The summed E-state index contributed by atoms with van der Waals surface area (Å²) in [4.78, 5) is 14.1. The van der Waals surface area contributed by atoms with Gasteiger partial charge in [0.05, 0.1) is 24.0 Å². The van der Waals surface area contributed by atoms with Crippen LogP contribution in [0.2, 0.25) is 0 Å². The molecule has 1 aliphatic carbocycles. The molecule has 1 aromatic carbocycles. The Morgan fingerprint density at radius 3 is 2.76 bits per heavy atom. The quantitative estimate of drug-likeness (QED) is 0.670. The van der Waals surface area contributed by atoms with Crippen LogP contribution in [0.25, 0.3) is 0 Å². The van der Waals surface area contributed by atoms with Crippen molar-refractivity contribution in [3.05, 3.63) is 23.8 Å². The number of hydrogen-bond donors (Lipinski definition) is 1. The first-order valence-corrected chi connectivity index (χ1v) is 7.95. The summed E-state index contributed by atoms with van der Waals surface area (Å²) in [6, 6.07) is 6.18. The van der Waals surface area contributed by atoms with Crippen LogP contribution in [0.1, 0.15) is 48.9 Å². The number of rotatable bonds is 2. The normalized spacial score (nSPS) is 25.3. The zero-order valence-corrected chi connectivity index (χ0v) is 12.7. The highest BCUT2D eigenvalue weighted by Gasteiger charge is 2.34. The van der Waals surface area contributed by atoms with Gasteiger partial charge < -0.3 is 15.4 Å². The van der Waals surface area contributed by atoms with E-state index in [2.05, 4.69) is 4.90 Å². The first-order chi connectivity index (χ1) is 10.2. The summed E-state index contributed by atoms with van der Waals surface area (Å²) in [5.74, 6) is 0.481. The molecular formula is C17H24N2O2. The van der Waals surface area contributed by atoms with Gasteiger partial charge in [0.15, 0.2) is 0 Å². The molecule has 4 nitrogen and oxygen atoms in total. The summed E-state index contributed by atoms with van der Waals surface area (Å²) < 4.78 is 4.75. The number of benzene rings is 1. The second-order valence-corrected chi connectivity index (χ2v) is 6.21. The Morgan fingerprint density at radius 2 is 2.00 bits per heavy atom. The first-order valence-electron chi connectivity index (χ1n) is 7.95. The van der Waals surface area contributed by atoms with Gasteiger partial charge in [-0.3, -0.25) is 0 Å². The van der Waals surface area contributed by atoms with E-state index >= 15 is 0 Å². The molecule has 0 bridgehead atoms. The monoisotopic (exact) mass is 288 g/mol. The fourth-order valence-corrected chi connectivity index (χ4v) is 3.98. The van der Waals surface area contributed by atoms with E-state index in [1.807, 2.05) is 12.1 Å². The zero-order valence-electron chi connectivity index (χ0n) is 12.7. The molecule has 2 fully saturated rings. The Hall–Kier alpha value is -1.71. The maximum absolute atomic E-state index is 11.6. The van der Waals surface area contributed by atoms with Gasteiger partial charge in [-0.25, -0.2) is 4.79 Å². The number of hydrogen-bond acceptors (Lipinski definition) is 4. The Labute approximate surface area is 126 Å². The van der Waals surface area contributed by atoms with Crippen LogP contribution < -0.4 is 10.6 Å². The van der Waals surface area contributed by atoms with Gasteiger partial charge in [0.25, 0.3) is 0 Å². The molecule has 1 heterocycles. The molecule has 4 heteroatoms. The van der Waals surface area contributed by atoms with Crippen LogP contribution in [-0.4, -0.2) is 25.7 Å². The number of carbonyl (C=O) groups excluding carboxylic acids is 1. The van der Waals surface area contributed by atoms with Gasteiger partial charge in [0.1, 0.15) is 0 Å². The average molecular weight is 288 g/mol. The van der Waals surface area contributed by atoms with E-state index in [4.69, 9.17) is 10.5 Å². The van der Waals surface area contributed by atoms with Crippen LogP contribution in [0.4, 0.5) is 11.4 Å². The number of nitrogens with zero attached hydrogens (tertiary/aromatic N) is 1. The molecule has 2 aliphatic rings. The number of anilines is 2. The molecule has 114 valence electrons. The van der Waals surface area contributed by atoms with Gasteiger partial charge in [-0.1, -0.05) is 12.8 Å². The van der Waals surface area contributed by atoms with E-state index < -0.39 is 0 Å². The van der Waals surface area contributed by atoms with Crippen molar-refractivity contribution in [1.29, 1.82) is 0 Å². The van der Waals surface area contributed by atoms with Crippen molar-refractivity contribution in [1.82, 2.24) is 0 Å². The van der Waals surface area contributed by atoms with E-state index in [1.54, 1.807) is 6.07 Å². The molecule has 2 atom stereocenters. The van der Waals surface area contributed by atoms with Crippen molar-refractivity contribution >= 4 is 17.3 Å². The Bertz CT molecular complexity index is 528. The van der Waals surface area contributed by atoms with Crippen molar-refractivity contribution in [2.45, 2.75) is 44.6 Å². The summed E-state index contributed by atoms with van der Waals surface area (Å²) in [6.07, 6.45) is 7.88. The van der Waals surface area contributed by atoms with Gasteiger partial charge in [0.2, 0.25) is 0 Å². The molecule has 1 saturated heterocycles. The third-order valence-corrected chi connectivity index (χ3v) is 5.00. The van der Waals surface area contributed by atoms with Crippen LogP contribution >= 0.6 is 0 Å². The highest BCUT2D eigenvalue weighted by atomic mass is 16.5. The minimum absolute atomic E-state index is 0.331. The topological polar surface area (TPSA) is 55.6 Å². The van der Waals surface area contributed by atoms with Gasteiger partial charge in [-0.15, -0.1) is 0 Å². The van der Waals surface area contributed by atoms with Crippen LogP contribution in [0.15, 0.2) is 18.2 Å². The predicted molar refractivity (Wildman–Crippen MR) is 84.5 cm³/mol. The number of nitrogen functional groups attached to an aromatic ring is 1. The fraction of sp³-hybridized carbons (Fsp3) is 0.588. The second-order valence-electron chi connectivity index (χ2n) is 6.21. The van der Waals surface area contributed by atoms with E-state index in [9.17, 15) is 4.79 Å². The van der Waals surface area contributed by atoms with E-state index in [0.29, 0.717) is 17.3 Å². The molecular weight excluding hydrogens is 264 g/mol. The Balaban J connectivity index is 1.86. The van der Waals surface area contributed by atoms with Gasteiger partial charge in [-0.05, 0) is 49.8 Å². The Morgan fingerprint density at radius 1 is 1.24 bits per heavy atom. The highest BCUT2D eigenvalue weighted by Crippen LogP contribution is 2.39. The van der Waals surface area contributed by atoms with E-state index in [-0.39, 0.29) is 5.97 Å². The smallest absolute Gasteiger partial charge is 0.337 e. The number of nitrogens with two attached hydrogens (primary N) is 1. The summed E-state index contributed by atoms with van der Waals surface area (Å²) in [5.41, 5.74) is 8.51. The lowest BCUT2D eigenvalue weighted by Gasteiger charge is -2.45. The molecule has 0 spiro atoms. The maximum atomic E-state index is 11.6. The summed E-state index contributed by atoms with van der Waals surface area (Å²) in [7, 11) is 1.39. The second kappa shape index (κ2) is 5.96. The van der Waals surface area contributed by atoms with Gasteiger partial charge in [-0.2, -0.15) is 0 Å². The van der Waals surface area contributed by atoms with Crippen LogP contribution in [0.3, 0.4) is 0 Å². The number of piperidine rings is 1. The number of ether oxygens (including phenoxy) is 1. The molecule has 3 rings (SSSR count). The molecule has 0 aromatic heterocycles. The summed E-state index contributed by atoms with van der Waals surface area (Å²) in [5, 5.41) is 0. The van der Waals surface area contributed by atoms with E-state index in [1.165, 1.54) is 45.6 Å². The van der Waals surface area contributed by atoms with Crippen molar-refractivity contribution in [3.8, 4) is 0 Å². The largest absolute Gasteiger partial charge is 0.465 e. The minimum Gasteiger partial charge on any atom is -0.465 e. The summed E-state index contributed by atoms with van der Waals surface area (Å²) in [6.45, 7) is 1.07. The van der Waals surface area contributed by atoms with Crippen LogP contribution in [-0.2, 0) is 4.74 Å². The fourth-order valence-electron chi connectivity index (χ4n) is 3.98. The molecule has 1 saturated carbocycles. The highest BCUT2D eigenvalue weighted by molar-refractivity contribution is 5.92. The standard InChI is InChI=1S/C17H24N2O2/c1-21-17(20)13-8-9-16(14(18)11-13)19-10-4-6-12-5-2-3-7-15(12)19/h8-9,11-12,15H,2-7,10,18H2,1H3. The zero-order chi connectivity index (χ0) is 14.8. The maximum Gasteiger partial charge on any atom is 0.337 e. The average Bonchev–Trinajstić information content (AvgIpc) is 2.53. The third kappa shape index (κ3) is 2.71. The number of carbonyl (C=O) groups is 1. The number of fused-ring (bicyclic) bond motifs is 1. The van der Waals surface area contributed by atoms with Crippen molar-refractivity contribution in [3.63, 3.8) is 0 Å². The molecule has 1 aromatic rings. The van der Waals surface area contributed by atoms with Gasteiger partial charge in [0, 0.05) is 12.6 Å². The Kier molecular flexibility index (Phi) is 4.04. The van der Waals surface area contributed by atoms with Crippen molar-refractivity contribution < 1.29 is 9.53 Å². The molecule has 1 aliphatic heterocycles. The lowest BCUT2D eigenvalue weighted by molar-refractivity contribution is 0.0601. The molecule has 21 heavy (non-hydrogen) atoms. The van der Waals surface area contributed by atoms with Gasteiger partial charge >= 0.3 is 5.97 Å². The SMILES string of the molecule is COC(=O)c1ccc(N2CCCC3CCCCC32)c(N)c1. The number of methoxy groups -OCH3 is 1. The van der Waals surface area contributed by atoms with Crippen molar-refractivity contribution in [2.75, 3.05) is 24.3 Å². The van der Waals surface area contributed by atoms with Crippen molar-refractivity contribution in [2.24, 2.45) is 5.92 Å². The molecule has 0 radical (unpaired) electrons. The summed E-state index contributed by atoms with van der Waals surface area (Å²) >= 11 is 0. The lowest BCUT2D eigenvalue weighted by atomic mass is 9.78. The predicted octanol–water partition coefficient (Wildman–Crippen LogP) is 3.21. The van der Waals surface area contributed by atoms with Crippen LogP contribution in [0.5, 0.6) is 0 Å².